The van der Waals surface area contributed by atoms with E-state index in [0.29, 0.717) is 30.1 Å². The Morgan fingerprint density at radius 3 is 2.90 bits per heavy atom. The van der Waals surface area contributed by atoms with Crippen LogP contribution in [0.25, 0.3) is 0 Å². The topological polar surface area (TPSA) is 46.5 Å². The number of hydrogen-bond donors (Lipinski definition) is 1. The fourth-order valence-electron chi connectivity index (χ4n) is 8.55. The summed E-state index contributed by atoms with van der Waals surface area (Å²) in [5.74, 6) is 5.53. The van der Waals surface area contributed by atoms with Crippen LogP contribution in [0.15, 0.2) is 42.0 Å². The summed E-state index contributed by atoms with van der Waals surface area (Å²) in [6.45, 7) is 2.25. The second-order valence-electron chi connectivity index (χ2n) is 10.8. The van der Waals surface area contributed by atoms with Crippen LogP contribution in [0.4, 0.5) is 0 Å². The molecule has 3 fully saturated rings. The van der Waals surface area contributed by atoms with Crippen LogP contribution in [0.5, 0.6) is 5.75 Å². The van der Waals surface area contributed by atoms with Gasteiger partial charge in [0.1, 0.15) is 11.4 Å². The molecule has 5 aliphatic rings. The highest BCUT2D eigenvalue weighted by atomic mass is 16.5. The van der Waals surface area contributed by atoms with Crippen molar-refractivity contribution in [3.63, 3.8) is 0 Å². The van der Waals surface area contributed by atoms with E-state index in [2.05, 4.69) is 37.1 Å². The van der Waals surface area contributed by atoms with E-state index in [1.807, 2.05) is 6.08 Å². The maximum Gasteiger partial charge on any atom is 0.178 e. The average Bonchev–Trinajstić information content (AvgIpc) is 3.04. The maximum atomic E-state index is 12.3. The second kappa shape index (κ2) is 6.14. The van der Waals surface area contributed by atoms with E-state index >= 15 is 0 Å². The molecule has 3 heteroatoms. The summed E-state index contributed by atoms with van der Waals surface area (Å²) >= 11 is 0. The van der Waals surface area contributed by atoms with Gasteiger partial charge in [-0.15, -0.1) is 6.42 Å². The lowest BCUT2D eigenvalue weighted by Gasteiger charge is -2.63. The molecule has 0 saturated heterocycles. The van der Waals surface area contributed by atoms with Crippen molar-refractivity contribution >= 4 is 5.78 Å². The van der Waals surface area contributed by atoms with Crippen LogP contribution in [-0.2, 0) is 11.2 Å². The van der Waals surface area contributed by atoms with Gasteiger partial charge in [-0.2, -0.15) is 0 Å². The summed E-state index contributed by atoms with van der Waals surface area (Å²) in [5.41, 5.74) is 2.61. The normalized spacial score (nSPS) is 44.3. The largest absolute Gasteiger partial charge is 0.497 e. The average molecular weight is 415 g/mol. The molecular weight excluding hydrogens is 384 g/mol. The van der Waals surface area contributed by atoms with E-state index in [-0.39, 0.29) is 16.6 Å². The van der Waals surface area contributed by atoms with E-state index in [4.69, 9.17) is 11.2 Å². The van der Waals surface area contributed by atoms with Gasteiger partial charge >= 0.3 is 0 Å². The van der Waals surface area contributed by atoms with Crippen molar-refractivity contribution in [3.8, 4) is 18.1 Å². The molecule has 0 bridgehead atoms. The smallest absolute Gasteiger partial charge is 0.178 e. The van der Waals surface area contributed by atoms with Crippen LogP contribution in [0.3, 0.4) is 0 Å². The van der Waals surface area contributed by atoms with Gasteiger partial charge < -0.3 is 9.84 Å². The zero-order valence-corrected chi connectivity index (χ0v) is 18.4. The fraction of sp³-hybridized carbons (Fsp3) is 0.536. The Kier molecular flexibility index (Phi) is 3.84. The predicted molar refractivity (Wildman–Crippen MR) is 120 cm³/mol. The Balaban J connectivity index is 1.58. The Labute approximate surface area is 184 Å². The summed E-state index contributed by atoms with van der Waals surface area (Å²) in [7, 11) is 1.71. The molecule has 1 aromatic carbocycles. The van der Waals surface area contributed by atoms with Gasteiger partial charge in [0.05, 0.1) is 7.11 Å². The molecule has 0 radical (unpaired) electrons. The van der Waals surface area contributed by atoms with E-state index in [1.165, 1.54) is 16.7 Å². The zero-order valence-electron chi connectivity index (χ0n) is 18.4. The Morgan fingerprint density at radius 1 is 1.29 bits per heavy atom. The molecule has 1 N–H and O–H groups in total. The van der Waals surface area contributed by atoms with Crippen molar-refractivity contribution in [2.45, 2.75) is 57.0 Å². The third-order valence-electron chi connectivity index (χ3n) is 9.91. The third-order valence-corrected chi connectivity index (χ3v) is 9.91. The minimum Gasteiger partial charge on any atom is -0.497 e. The molecule has 0 aromatic heterocycles. The number of carbonyl (C=O) groups is 1. The molecule has 0 amide bonds. The van der Waals surface area contributed by atoms with Crippen LogP contribution in [0, 0.1) is 40.9 Å². The van der Waals surface area contributed by atoms with Crippen LogP contribution in [0.2, 0.25) is 0 Å². The predicted octanol–water partition coefficient (Wildman–Crippen LogP) is 4.60. The van der Waals surface area contributed by atoms with E-state index < -0.39 is 5.60 Å². The third kappa shape index (κ3) is 2.27. The monoisotopic (exact) mass is 414 g/mol. The van der Waals surface area contributed by atoms with Gasteiger partial charge in [0, 0.05) is 10.8 Å². The molecule has 7 atom stereocenters. The number of ether oxygens (including phenoxy) is 1. The Hall–Kier alpha value is -2.31. The van der Waals surface area contributed by atoms with Gasteiger partial charge in [0.25, 0.3) is 0 Å². The minimum atomic E-state index is -1.03. The lowest BCUT2D eigenvalue weighted by atomic mass is 9.40. The van der Waals surface area contributed by atoms with Crippen LogP contribution < -0.4 is 4.74 Å². The van der Waals surface area contributed by atoms with Gasteiger partial charge in [-0.3, -0.25) is 4.79 Å². The lowest BCUT2D eigenvalue weighted by Crippen LogP contribution is -2.59. The van der Waals surface area contributed by atoms with Gasteiger partial charge in [0.15, 0.2) is 5.78 Å². The van der Waals surface area contributed by atoms with Crippen molar-refractivity contribution in [2.75, 3.05) is 7.11 Å². The van der Waals surface area contributed by atoms with Gasteiger partial charge in [0.2, 0.25) is 0 Å². The molecule has 0 aliphatic heterocycles. The first-order valence-electron chi connectivity index (χ1n) is 11.7. The Bertz CT molecular complexity index is 1090. The van der Waals surface area contributed by atoms with Crippen molar-refractivity contribution in [3.05, 3.63) is 53.1 Å². The number of fused-ring (bicyclic) bond motifs is 4. The number of allylic oxidation sites excluding steroid dienone is 4. The highest BCUT2D eigenvalue weighted by Gasteiger charge is 2.67. The summed E-state index contributed by atoms with van der Waals surface area (Å²) in [6.07, 6.45) is 17.5. The summed E-state index contributed by atoms with van der Waals surface area (Å²) < 4.78 is 5.56. The first-order chi connectivity index (χ1) is 14.8. The van der Waals surface area contributed by atoms with Gasteiger partial charge in [-0.25, -0.2) is 0 Å². The quantitative estimate of drug-likeness (QED) is 0.684. The minimum absolute atomic E-state index is 0.0982. The molecule has 1 aromatic rings. The van der Waals surface area contributed by atoms with Crippen molar-refractivity contribution in [1.29, 1.82) is 0 Å². The first kappa shape index (κ1) is 19.4. The molecule has 3 saturated carbocycles. The summed E-state index contributed by atoms with van der Waals surface area (Å²) in [6, 6.07) is 6.50. The number of terminal acetylenes is 1. The van der Waals surface area contributed by atoms with Crippen LogP contribution in [-0.4, -0.2) is 23.6 Å². The van der Waals surface area contributed by atoms with E-state index in [9.17, 15) is 9.90 Å². The second-order valence-corrected chi connectivity index (χ2v) is 10.8. The Morgan fingerprint density at radius 2 is 2.13 bits per heavy atom. The van der Waals surface area contributed by atoms with Crippen molar-refractivity contribution in [1.82, 2.24) is 0 Å². The molecule has 6 rings (SSSR count). The number of ketones is 1. The number of rotatable bonds is 1. The van der Waals surface area contributed by atoms with Crippen molar-refractivity contribution < 1.29 is 14.6 Å². The van der Waals surface area contributed by atoms with Crippen molar-refractivity contribution in [2.24, 2.45) is 28.6 Å². The molecule has 2 unspecified atom stereocenters. The fourth-order valence-corrected chi connectivity index (χ4v) is 8.55. The number of hydrogen-bond acceptors (Lipinski definition) is 3. The number of benzene rings is 1. The van der Waals surface area contributed by atoms with Crippen LogP contribution >= 0.6 is 0 Å². The molecule has 0 heterocycles. The van der Waals surface area contributed by atoms with E-state index in [0.717, 1.165) is 37.9 Å². The molecule has 3 nitrogen and oxygen atoms in total. The summed E-state index contributed by atoms with van der Waals surface area (Å²) in [4.78, 5) is 12.3. The number of carbonyl (C=O) groups excluding carboxylic acids is 1. The first-order valence-corrected chi connectivity index (χ1v) is 11.7. The SMILES string of the molecule is C#C[C@]1(O)CC[C@H]2[C@@H]3CCC4=CC(=O)C=C[C@@]45Cc4cc(OC)ccc4C(C[C@@]21C)C35. The van der Waals surface area contributed by atoms with Gasteiger partial charge in [-0.05, 0) is 97.6 Å². The van der Waals surface area contributed by atoms with Gasteiger partial charge in [-0.1, -0.05) is 30.6 Å². The standard InChI is InChI=1S/C28H30O3/c1-4-28(30)12-10-24-22-7-5-18-14-19(29)9-11-27(18)15-17-13-20(31-3)6-8-21(17)23(25(22)27)16-26(24,28)2/h1,6,8-9,11,13-14,22-25,30H,5,7,10,12,15-16H2,2-3H3/t22-,23?,24-,25?,26-,27+,28-/m0/s1. The highest BCUT2D eigenvalue weighted by molar-refractivity contribution is 6.01. The zero-order chi connectivity index (χ0) is 21.6. The highest BCUT2D eigenvalue weighted by Crippen LogP contribution is 2.72. The van der Waals surface area contributed by atoms with Crippen LogP contribution in [0.1, 0.15) is 56.1 Å². The molecule has 1 spiro atoms. The molecule has 5 aliphatic carbocycles. The maximum absolute atomic E-state index is 12.3. The molecule has 31 heavy (non-hydrogen) atoms. The molecule has 160 valence electrons. The molecular formula is C28H30O3. The number of aliphatic hydroxyl groups is 1. The number of methoxy groups -OCH3 is 1. The lowest BCUT2D eigenvalue weighted by molar-refractivity contribution is -0.113. The van der Waals surface area contributed by atoms with E-state index in [1.54, 1.807) is 13.2 Å². The summed E-state index contributed by atoms with van der Waals surface area (Å²) in [5, 5.41) is 11.5.